The fourth-order valence-electron chi connectivity index (χ4n) is 3.84. The molecule has 4 heterocycles. The standard InChI is InChI=1S/C18H24N4OS.2C2HF3O2/c1-15-3-4-16(24-15)12-21-9-10-23-18(13-21)5-2-8-22(14-18)17-11-19-6-7-20-17;2*3-2(4,5)1(6)7/h3-4,6-7,11H,2,5,8-10,12-14H2,1H3;2*(H,6,7). The third-order valence-corrected chi connectivity index (χ3v) is 6.39. The van der Waals surface area contributed by atoms with Crippen molar-refractivity contribution in [1.29, 1.82) is 0 Å². The molecule has 0 bridgehead atoms. The van der Waals surface area contributed by atoms with Crippen LogP contribution in [0.2, 0.25) is 0 Å². The van der Waals surface area contributed by atoms with Gasteiger partial charge >= 0.3 is 24.3 Å². The van der Waals surface area contributed by atoms with E-state index in [-0.39, 0.29) is 5.60 Å². The Balaban J connectivity index is 0.000000301. The third-order valence-electron chi connectivity index (χ3n) is 5.40. The Labute approximate surface area is 217 Å². The molecular formula is C22H26F6N4O5S. The fraction of sp³-hybridized carbons (Fsp3) is 0.545. The zero-order valence-corrected chi connectivity index (χ0v) is 20.9. The number of aromatic nitrogens is 2. The lowest BCUT2D eigenvalue weighted by molar-refractivity contribution is -0.193. The minimum absolute atomic E-state index is 0.0691. The van der Waals surface area contributed by atoms with Crippen LogP contribution in [0.15, 0.2) is 30.7 Å². The fourth-order valence-corrected chi connectivity index (χ4v) is 4.78. The van der Waals surface area contributed by atoms with Gasteiger partial charge in [0.15, 0.2) is 0 Å². The van der Waals surface area contributed by atoms with Gasteiger partial charge in [-0.2, -0.15) is 26.3 Å². The molecular weight excluding hydrogens is 546 g/mol. The highest BCUT2D eigenvalue weighted by atomic mass is 32.1. The maximum Gasteiger partial charge on any atom is 0.490 e. The Morgan fingerprint density at radius 2 is 1.68 bits per heavy atom. The normalized spacial score (nSPS) is 20.1. The SMILES string of the molecule is Cc1ccc(CN2CCOC3(CCCN(c4cnccn4)C3)C2)s1.O=C(O)C(F)(F)F.O=C(O)C(F)(F)F. The summed E-state index contributed by atoms with van der Waals surface area (Å²) in [5.41, 5.74) is -0.0691. The van der Waals surface area contributed by atoms with Gasteiger partial charge in [0, 0.05) is 54.9 Å². The summed E-state index contributed by atoms with van der Waals surface area (Å²) in [7, 11) is 0. The first-order valence-corrected chi connectivity index (χ1v) is 12.0. The van der Waals surface area contributed by atoms with Crippen LogP contribution >= 0.6 is 11.3 Å². The van der Waals surface area contributed by atoms with E-state index in [4.69, 9.17) is 24.5 Å². The van der Waals surface area contributed by atoms with Crippen molar-refractivity contribution < 1.29 is 50.9 Å². The van der Waals surface area contributed by atoms with E-state index >= 15 is 0 Å². The minimum Gasteiger partial charge on any atom is -0.475 e. The highest BCUT2D eigenvalue weighted by molar-refractivity contribution is 7.11. The van der Waals surface area contributed by atoms with Crippen LogP contribution in [0.4, 0.5) is 32.2 Å². The Hall–Kier alpha value is -2.98. The Morgan fingerprint density at radius 3 is 2.18 bits per heavy atom. The number of aliphatic carboxylic acids is 2. The number of hydrogen-bond acceptors (Lipinski definition) is 8. The van der Waals surface area contributed by atoms with E-state index in [0.29, 0.717) is 0 Å². The molecule has 212 valence electrons. The van der Waals surface area contributed by atoms with Crippen LogP contribution < -0.4 is 4.90 Å². The van der Waals surface area contributed by atoms with E-state index in [1.807, 2.05) is 17.5 Å². The molecule has 0 aliphatic carbocycles. The van der Waals surface area contributed by atoms with Crippen molar-refractivity contribution in [2.75, 3.05) is 37.7 Å². The predicted molar refractivity (Wildman–Crippen MR) is 124 cm³/mol. The van der Waals surface area contributed by atoms with Gasteiger partial charge in [-0.1, -0.05) is 0 Å². The van der Waals surface area contributed by atoms with Gasteiger partial charge in [0.25, 0.3) is 0 Å². The first-order valence-electron chi connectivity index (χ1n) is 11.1. The number of carboxylic acid groups (broad SMARTS) is 2. The third kappa shape index (κ3) is 10.1. The largest absolute Gasteiger partial charge is 0.490 e. The van der Waals surface area contributed by atoms with Crippen molar-refractivity contribution in [3.63, 3.8) is 0 Å². The zero-order chi connectivity index (χ0) is 28.6. The van der Waals surface area contributed by atoms with E-state index in [9.17, 15) is 26.3 Å². The molecule has 2 saturated heterocycles. The van der Waals surface area contributed by atoms with Gasteiger partial charge < -0.3 is 19.8 Å². The molecule has 2 aromatic heterocycles. The number of thiophene rings is 1. The number of morpholine rings is 1. The summed E-state index contributed by atoms with van der Waals surface area (Å²) in [5.74, 6) is -4.55. The number of hydrogen-bond donors (Lipinski definition) is 2. The van der Waals surface area contributed by atoms with Crippen molar-refractivity contribution in [3.8, 4) is 0 Å². The summed E-state index contributed by atoms with van der Waals surface area (Å²) in [5, 5.41) is 14.2. The number of nitrogens with zero attached hydrogens (tertiary/aromatic N) is 4. The van der Waals surface area contributed by atoms with Gasteiger partial charge in [0.1, 0.15) is 5.82 Å². The van der Waals surface area contributed by atoms with Gasteiger partial charge in [-0.3, -0.25) is 9.88 Å². The van der Waals surface area contributed by atoms with Gasteiger partial charge in [0.2, 0.25) is 0 Å². The maximum absolute atomic E-state index is 10.6. The molecule has 0 aromatic carbocycles. The Kier molecular flexibility index (Phi) is 10.8. The number of carbonyl (C=O) groups is 2. The molecule has 0 amide bonds. The van der Waals surface area contributed by atoms with Crippen LogP contribution in [0, 0.1) is 6.92 Å². The second-order valence-electron chi connectivity index (χ2n) is 8.45. The molecule has 1 spiro atoms. The zero-order valence-electron chi connectivity index (χ0n) is 20.1. The molecule has 2 aromatic rings. The molecule has 2 N–H and O–H groups in total. The maximum atomic E-state index is 10.6. The molecule has 2 aliphatic heterocycles. The average Bonchev–Trinajstić information content (AvgIpc) is 3.23. The van der Waals surface area contributed by atoms with Crippen molar-refractivity contribution in [2.45, 2.75) is 44.3 Å². The molecule has 0 radical (unpaired) electrons. The number of aryl methyl sites for hydroxylation is 1. The van der Waals surface area contributed by atoms with Crippen molar-refractivity contribution in [1.82, 2.24) is 14.9 Å². The summed E-state index contributed by atoms with van der Waals surface area (Å²) in [6.07, 6.45) is -2.55. The molecule has 38 heavy (non-hydrogen) atoms. The predicted octanol–water partition coefficient (Wildman–Crippen LogP) is 3.98. The van der Waals surface area contributed by atoms with Crippen molar-refractivity contribution in [2.24, 2.45) is 0 Å². The second kappa shape index (κ2) is 13.2. The first kappa shape index (κ1) is 31.2. The molecule has 2 aliphatic rings. The lowest BCUT2D eigenvalue weighted by Gasteiger charge is -2.48. The summed E-state index contributed by atoms with van der Waals surface area (Å²) < 4.78 is 69.8. The average molecular weight is 573 g/mol. The lowest BCUT2D eigenvalue weighted by Crippen LogP contribution is -2.59. The number of carboxylic acids is 2. The summed E-state index contributed by atoms with van der Waals surface area (Å²) in [4.78, 5) is 34.2. The number of piperidine rings is 1. The molecule has 0 saturated carbocycles. The van der Waals surface area contributed by atoms with Crippen molar-refractivity contribution >= 4 is 29.1 Å². The van der Waals surface area contributed by atoms with E-state index < -0.39 is 24.3 Å². The topological polar surface area (TPSA) is 116 Å². The van der Waals surface area contributed by atoms with E-state index in [1.54, 1.807) is 12.4 Å². The Morgan fingerprint density at radius 1 is 1.05 bits per heavy atom. The smallest absolute Gasteiger partial charge is 0.475 e. The monoisotopic (exact) mass is 572 g/mol. The number of alkyl halides is 6. The van der Waals surface area contributed by atoms with Crippen LogP contribution in [0.25, 0.3) is 0 Å². The molecule has 16 heteroatoms. The van der Waals surface area contributed by atoms with E-state index in [0.717, 1.165) is 58.0 Å². The molecule has 1 unspecified atom stereocenters. The summed E-state index contributed by atoms with van der Waals surface area (Å²) in [6.45, 7) is 7.99. The molecule has 1 atom stereocenters. The van der Waals surface area contributed by atoms with Crippen molar-refractivity contribution in [3.05, 3.63) is 40.5 Å². The Bertz CT molecular complexity index is 1020. The van der Waals surface area contributed by atoms with Gasteiger partial charge in [-0.05, 0) is 31.9 Å². The quantitative estimate of drug-likeness (QED) is 0.527. The molecule has 4 rings (SSSR count). The minimum atomic E-state index is -5.08. The van der Waals surface area contributed by atoms with Crippen LogP contribution in [0.5, 0.6) is 0 Å². The highest BCUT2D eigenvalue weighted by Crippen LogP contribution is 2.32. The second-order valence-corrected chi connectivity index (χ2v) is 9.82. The van der Waals surface area contributed by atoms with Gasteiger partial charge in [0.05, 0.1) is 18.4 Å². The van der Waals surface area contributed by atoms with Gasteiger partial charge in [-0.25, -0.2) is 14.6 Å². The van der Waals surface area contributed by atoms with Crippen LogP contribution in [-0.4, -0.2) is 87.8 Å². The lowest BCUT2D eigenvalue weighted by atomic mass is 9.90. The van der Waals surface area contributed by atoms with Crippen LogP contribution in [-0.2, 0) is 20.9 Å². The van der Waals surface area contributed by atoms with E-state index in [1.165, 1.54) is 9.75 Å². The number of rotatable bonds is 3. The van der Waals surface area contributed by atoms with Crippen LogP contribution in [0.1, 0.15) is 22.6 Å². The summed E-state index contributed by atoms with van der Waals surface area (Å²) >= 11 is 1.90. The molecule has 9 nitrogen and oxygen atoms in total. The van der Waals surface area contributed by atoms with Gasteiger partial charge in [-0.15, -0.1) is 11.3 Å². The molecule has 2 fully saturated rings. The number of ether oxygens (including phenoxy) is 1. The summed E-state index contributed by atoms with van der Waals surface area (Å²) in [6, 6.07) is 4.47. The first-order chi connectivity index (χ1) is 17.6. The number of halogens is 6. The van der Waals surface area contributed by atoms with E-state index in [2.05, 4.69) is 38.8 Å². The highest BCUT2D eigenvalue weighted by Gasteiger charge is 2.41. The number of anilines is 1. The van der Waals surface area contributed by atoms with Crippen LogP contribution in [0.3, 0.4) is 0 Å².